The second kappa shape index (κ2) is 10.7. The van der Waals surface area contributed by atoms with Gasteiger partial charge in [-0.1, -0.05) is 72.3 Å². The first-order chi connectivity index (χ1) is 22.7. The molecule has 0 bridgehead atoms. The molecule has 7 nitrogen and oxygen atoms in total. The third-order valence-corrected chi connectivity index (χ3v) is 10.2. The number of hydrogen-bond acceptors (Lipinski definition) is 6. The molecule has 4 aliphatic rings. The lowest BCUT2D eigenvalue weighted by Gasteiger charge is -2.42. The van der Waals surface area contributed by atoms with Gasteiger partial charge in [0.05, 0.1) is 17.5 Å². The Hall–Kier alpha value is -5.69. The average Bonchev–Trinajstić information content (AvgIpc) is 3.36. The van der Waals surface area contributed by atoms with Crippen molar-refractivity contribution in [1.82, 2.24) is 0 Å². The zero-order chi connectivity index (χ0) is 32.6. The highest BCUT2D eigenvalue weighted by Crippen LogP contribution is 2.56. The van der Waals surface area contributed by atoms with E-state index in [0.717, 1.165) is 16.5 Å². The number of benzene rings is 4. The summed E-state index contributed by atoms with van der Waals surface area (Å²) in [4.78, 5) is 69.7. The molecular formula is C40H29NO6. The summed E-state index contributed by atoms with van der Waals surface area (Å²) < 4.78 is 0. The van der Waals surface area contributed by atoms with E-state index in [1.807, 2.05) is 36.4 Å². The number of Topliss-reactive ketones (excluding diaryl/α,β-unsaturated/α-hetero) is 1. The van der Waals surface area contributed by atoms with Crippen molar-refractivity contribution in [2.45, 2.75) is 25.7 Å². The summed E-state index contributed by atoms with van der Waals surface area (Å²) in [6.07, 6.45) is 3.85. The van der Waals surface area contributed by atoms with E-state index in [9.17, 15) is 29.1 Å². The van der Waals surface area contributed by atoms with Gasteiger partial charge in [0, 0.05) is 39.2 Å². The topological polar surface area (TPSA) is 109 Å². The van der Waals surface area contributed by atoms with Crippen LogP contribution in [0, 0.1) is 17.8 Å². The van der Waals surface area contributed by atoms with E-state index in [-0.39, 0.29) is 41.3 Å². The molecule has 47 heavy (non-hydrogen) atoms. The maximum Gasteiger partial charge on any atom is 0.238 e. The van der Waals surface area contributed by atoms with Gasteiger partial charge in [-0.25, -0.2) is 0 Å². The Morgan fingerprint density at radius 2 is 1.45 bits per heavy atom. The van der Waals surface area contributed by atoms with Crippen LogP contribution in [0.4, 0.5) is 5.69 Å². The number of nitrogens with zero attached hydrogens (tertiary/aromatic N) is 1. The molecule has 4 atom stereocenters. The maximum absolute atomic E-state index is 14.3. The normalized spacial score (nSPS) is 23.7. The number of aromatic hydroxyl groups is 1. The molecule has 0 saturated carbocycles. The highest BCUT2D eigenvalue weighted by Gasteiger charge is 2.56. The van der Waals surface area contributed by atoms with Crippen LogP contribution >= 0.6 is 0 Å². The van der Waals surface area contributed by atoms with Crippen molar-refractivity contribution in [3.63, 3.8) is 0 Å². The highest BCUT2D eigenvalue weighted by molar-refractivity contribution is 6.25. The molecule has 0 spiro atoms. The smallest absolute Gasteiger partial charge is 0.238 e. The summed E-state index contributed by atoms with van der Waals surface area (Å²) in [5.41, 5.74) is 4.15. The van der Waals surface area contributed by atoms with Crippen molar-refractivity contribution in [2.24, 2.45) is 17.8 Å². The Morgan fingerprint density at radius 1 is 0.766 bits per heavy atom. The van der Waals surface area contributed by atoms with Gasteiger partial charge in [0.25, 0.3) is 0 Å². The van der Waals surface area contributed by atoms with Crippen LogP contribution < -0.4 is 4.90 Å². The number of fused-ring (bicyclic) bond motifs is 4. The van der Waals surface area contributed by atoms with E-state index in [1.165, 1.54) is 11.0 Å². The number of carbonyl (C=O) groups is 5. The second-order valence-electron chi connectivity index (χ2n) is 12.7. The summed E-state index contributed by atoms with van der Waals surface area (Å²) in [5, 5.41) is 12.0. The summed E-state index contributed by atoms with van der Waals surface area (Å²) in [7, 11) is 0. The predicted molar refractivity (Wildman–Crippen MR) is 176 cm³/mol. The lowest BCUT2D eigenvalue weighted by molar-refractivity contribution is -0.123. The van der Waals surface area contributed by atoms with Gasteiger partial charge >= 0.3 is 0 Å². The fourth-order valence-electron chi connectivity index (χ4n) is 8.05. The van der Waals surface area contributed by atoms with Gasteiger partial charge in [0.2, 0.25) is 11.8 Å². The third-order valence-electron chi connectivity index (χ3n) is 10.2. The molecule has 0 unspecified atom stereocenters. The number of ketones is 3. The SMILES string of the molecule is CC1=CC(=O)C2=C(C1=O)[C@@H](c1ccc(O)c3ccccc13)C1=CC[C@@H]3C(=O)N(c4ccc(C(=O)c5ccccc5)cc4)C(=O)[C@@H]3[C@@H]1C2. The average molecular weight is 620 g/mol. The lowest BCUT2D eigenvalue weighted by Crippen LogP contribution is -2.39. The molecule has 0 aromatic heterocycles. The van der Waals surface area contributed by atoms with Gasteiger partial charge in [0.15, 0.2) is 17.3 Å². The van der Waals surface area contributed by atoms with Gasteiger partial charge in [0.1, 0.15) is 5.75 Å². The molecular weight excluding hydrogens is 590 g/mol. The largest absolute Gasteiger partial charge is 0.507 e. The molecule has 0 radical (unpaired) electrons. The van der Waals surface area contributed by atoms with Gasteiger partial charge in [-0.15, -0.1) is 0 Å². The highest BCUT2D eigenvalue weighted by atomic mass is 16.3. The molecule has 1 aliphatic heterocycles. The van der Waals surface area contributed by atoms with E-state index >= 15 is 0 Å². The van der Waals surface area contributed by atoms with Crippen molar-refractivity contribution < 1.29 is 29.1 Å². The molecule has 1 N–H and O–H groups in total. The number of imide groups is 1. The van der Waals surface area contributed by atoms with Crippen molar-refractivity contribution in [3.8, 4) is 5.75 Å². The number of phenols is 1. The zero-order valence-corrected chi connectivity index (χ0v) is 25.5. The molecule has 1 heterocycles. The van der Waals surface area contributed by atoms with Crippen molar-refractivity contribution >= 4 is 45.6 Å². The monoisotopic (exact) mass is 619 g/mol. The molecule has 8 rings (SSSR count). The van der Waals surface area contributed by atoms with E-state index in [2.05, 4.69) is 0 Å². The number of carbonyl (C=O) groups excluding carboxylic acids is 5. The molecule has 2 amide bonds. The van der Waals surface area contributed by atoms with Crippen LogP contribution in [0.3, 0.4) is 0 Å². The number of amides is 2. The fourth-order valence-corrected chi connectivity index (χ4v) is 8.05. The molecule has 3 aliphatic carbocycles. The number of hydrogen-bond donors (Lipinski definition) is 1. The first-order valence-electron chi connectivity index (χ1n) is 15.7. The Kier molecular flexibility index (Phi) is 6.55. The lowest BCUT2D eigenvalue weighted by atomic mass is 9.59. The van der Waals surface area contributed by atoms with Crippen molar-refractivity contribution in [3.05, 3.63) is 142 Å². The van der Waals surface area contributed by atoms with Gasteiger partial charge in [-0.05, 0) is 73.0 Å². The fraction of sp³-hybridized carbons (Fsp3) is 0.175. The molecule has 1 saturated heterocycles. The van der Waals surface area contributed by atoms with Crippen LogP contribution in [-0.2, 0) is 19.2 Å². The van der Waals surface area contributed by atoms with Gasteiger partial charge in [-0.3, -0.25) is 28.9 Å². The van der Waals surface area contributed by atoms with Crippen LogP contribution in [0.15, 0.2) is 125 Å². The second-order valence-corrected chi connectivity index (χ2v) is 12.7. The first kappa shape index (κ1) is 28.8. The van der Waals surface area contributed by atoms with Gasteiger partial charge in [-0.2, -0.15) is 0 Å². The minimum atomic E-state index is -0.719. The Balaban J connectivity index is 1.20. The summed E-state index contributed by atoms with van der Waals surface area (Å²) in [6, 6.07) is 26.2. The standard InChI is InChI=1S/C40H29NO6/c1-21-19-33(43)31-20-30-28(34(36(31)37(21)44)27-17-18-32(42)26-10-6-5-9-25(26)27)15-16-29-35(30)40(47)41(39(29)46)24-13-11-23(12-14-24)38(45)22-7-3-2-4-8-22/h2-15,17-19,29-30,34-35,42H,16,20H2,1H3/t29-,30+,34-,35-/m0/s1. The molecule has 4 aromatic rings. The molecule has 1 fully saturated rings. The Morgan fingerprint density at radius 3 is 2.19 bits per heavy atom. The van der Waals surface area contributed by atoms with Crippen LogP contribution in [0.5, 0.6) is 5.75 Å². The van der Waals surface area contributed by atoms with Crippen LogP contribution in [0.1, 0.15) is 47.2 Å². The predicted octanol–water partition coefficient (Wildman–Crippen LogP) is 6.41. The summed E-state index contributed by atoms with van der Waals surface area (Å²) in [6.45, 7) is 1.64. The zero-order valence-electron chi connectivity index (χ0n) is 25.5. The van der Waals surface area contributed by atoms with Crippen LogP contribution in [0.2, 0.25) is 0 Å². The molecule has 230 valence electrons. The van der Waals surface area contributed by atoms with Crippen molar-refractivity contribution in [1.29, 1.82) is 0 Å². The van der Waals surface area contributed by atoms with Crippen molar-refractivity contribution in [2.75, 3.05) is 4.90 Å². The minimum Gasteiger partial charge on any atom is -0.507 e. The number of phenolic OH excluding ortho intramolecular Hbond substituents is 1. The van der Waals surface area contributed by atoms with Crippen LogP contribution in [-0.4, -0.2) is 34.3 Å². The summed E-state index contributed by atoms with van der Waals surface area (Å²) >= 11 is 0. The van der Waals surface area contributed by atoms with E-state index in [1.54, 1.807) is 67.6 Å². The van der Waals surface area contributed by atoms with E-state index in [4.69, 9.17) is 0 Å². The first-order valence-corrected chi connectivity index (χ1v) is 15.7. The number of anilines is 1. The van der Waals surface area contributed by atoms with Gasteiger partial charge < -0.3 is 5.11 Å². The molecule has 7 heteroatoms. The quantitative estimate of drug-likeness (QED) is 0.122. The summed E-state index contributed by atoms with van der Waals surface area (Å²) in [5.74, 6) is -3.60. The molecule has 4 aromatic carbocycles. The van der Waals surface area contributed by atoms with E-state index in [0.29, 0.717) is 45.3 Å². The minimum absolute atomic E-state index is 0.106. The van der Waals surface area contributed by atoms with Crippen LogP contribution in [0.25, 0.3) is 10.8 Å². The Labute approximate surface area is 270 Å². The Bertz CT molecular complexity index is 2170. The maximum atomic E-state index is 14.3. The number of allylic oxidation sites excluding steroid dienone is 6. The third kappa shape index (κ3) is 4.30. The number of rotatable bonds is 4. The van der Waals surface area contributed by atoms with E-state index < -0.39 is 23.7 Å².